The summed E-state index contributed by atoms with van der Waals surface area (Å²) in [5.41, 5.74) is -0.465. The monoisotopic (exact) mass is 300 g/mol. The number of carbonyl (C=O) groups excluding carboxylic acids is 1. The number of nitrogens with one attached hydrogen (secondary N) is 1. The molecule has 0 aromatic carbocycles. The molecule has 0 fully saturated rings. The molecule has 1 aromatic heterocycles. The van der Waals surface area contributed by atoms with E-state index in [1.807, 2.05) is 20.8 Å². The number of aliphatic carboxylic acids is 1. The second kappa shape index (κ2) is 6.79. The quantitative estimate of drug-likeness (QED) is 0.813. The van der Waals surface area contributed by atoms with E-state index in [1.165, 1.54) is 0 Å². The van der Waals surface area contributed by atoms with E-state index in [1.54, 1.807) is 16.8 Å². The predicted octanol–water partition coefficient (Wildman–Crippen LogP) is 2.78. The second-order valence-electron chi connectivity index (χ2n) is 4.80. The molecule has 0 bridgehead atoms. The number of hydrogen-bond donors (Lipinski definition) is 2. The highest BCUT2D eigenvalue weighted by Crippen LogP contribution is 2.26. The van der Waals surface area contributed by atoms with Crippen molar-refractivity contribution in [1.29, 1.82) is 0 Å². The highest BCUT2D eigenvalue weighted by Gasteiger charge is 2.35. The average Bonchev–Trinajstić information content (AvgIpc) is 2.81. The van der Waals surface area contributed by atoms with E-state index in [0.717, 1.165) is 0 Å². The van der Waals surface area contributed by atoms with Gasteiger partial charge in [-0.2, -0.15) is 0 Å². The van der Waals surface area contributed by atoms with Crippen LogP contribution in [-0.2, 0) is 11.3 Å². The Balaban J connectivity index is 2.83. The fraction of sp³-hybridized carbons (Fsp3) is 0.571. The van der Waals surface area contributed by atoms with Crippen molar-refractivity contribution in [1.82, 2.24) is 9.88 Å². The van der Waals surface area contributed by atoms with Crippen LogP contribution in [0.1, 0.15) is 44.1 Å². The lowest BCUT2D eigenvalue weighted by Gasteiger charge is -2.26. The zero-order chi connectivity index (χ0) is 15.3. The molecule has 1 aromatic rings. The third-order valence-electron chi connectivity index (χ3n) is 3.83. The molecule has 20 heavy (non-hydrogen) atoms. The fourth-order valence-electron chi connectivity index (χ4n) is 2.14. The van der Waals surface area contributed by atoms with Crippen LogP contribution in [0.15, 0.2) is 12.3 Å². The molecule has 1 amide bonds. The summed E-state index contributed by atoms with van der Waals surface area (Å²) in [6.07, 6.45) is 2.61. The third-order valence-corrected chi connectivity index (χ3v) is 4.04. The van der Waals surface area contributed by atoms with Crippen molar-refractivity contribution in [2.75, 3.05) is 6.54 Å². The van der Waals surface area contributed by atoms with E-state index in [-0.39, 0.29) is 12.5 Å². The Hall–Kier alpha value is -1.49. The molecule has 5 nitrogen and oxygen atoms in total. The Bertz CT molecular complexity index is 493. The molecule has 0 aliphatic rings. The number of amides is 1. The minimum Gasteiger partial charge on any atom is -0.481 e. The van der Waals surface area contributed by atoms with Gasteiger partial charge in [-0.1, -0.05) is 25.4 Å². The Morgan fingerprint density at radius 3 is 2.40 bits per heavy atom. The van der Waals surface area contributed by atoms with Crippen LogP contribution in [0.4, 0.5) is 0 Å². The highest BCUT2D eigenvalue weighted by atomic mass is 35.5. The zero-order valence-electron chi connectivity index (χ0n) is 12.1. The van der Waals surface area contributed by atoms with Crippen molar-refractivity contribution >= 4 is 23.5 Å². The molecule has 0 aliphatic carbocycles. The van der Waals surface area contributed by atoms with Gasteiger partial charge in [0, 0.05) is 19.3 Å². The Labute approximate surface area is 123 Å². The number of carboxylic acid groups (broad SMARTS) is 1. The van der Waals surface area contributed by atoms with Crippen molar-refractivity contribution in [3.8, 4) is 0 Å². The maximum absolute atomic E-state index is 12.2. The van der Waals surface area contributed by atoms with Crippen LogP contribution >= 0.6 is 11.6 Å². The molecule has 0 atom stereocenters. The lowest BCUT2D eigenvalue weighted by molar-refractivity contribution is -0.149. The van der Waals surface area contributed by atoms with Gasteiger partial charge >= 0.3 is 5.97 Å². The van der Waals surface area contributed by atoms with Crippen LogP contribution in [0.3, 0.4) is 0 Å². The zero-order valence-corrected chi connectivity index (χ0v) is 12.8. The van der Waals surface area contributed by atoms with Gasteiger partial charge in [-0.15, -0.1) is 0 Å². The van der Waals surface area contributed by atoms with Gasteiger partial charge in [-0.25, -0.2) is 0 Å². The van der Waals surface area contributed by atoms with Crippen molar-refractivity contribution in [2.24, 2.45) is 5.41 Å². The number of rotatable bonds is 7. The molecule has 1 heterocycles. The van der Waals surface area contributed by atoms with Gasteiger partial charge in [0.1, 0.15) is 5.69 Å². The van der Waals surface area contributed by atoms with Crippen LogP contribution in [0.2, 0.25) is 5.02 Å². The van der Waals surface area contributed by atoms with Crippen molar-refractivity contribution in [2.45, 2.75) is 40.2 Å². The lowest BCUT2D eigenvalue weighted by atomic mass is 9.82. The average molecular weight is 301 g/mol. The summed E-state index contributed by atoms with van der Waals surface area (Å²) in [5.74, 6) is -1.18. The number of hydrogen-bond acceptors (Lipinski definition) is 2. The van der Waals surface area contributed by atoms with E-state index >= 15 is 0 Å². The number of nitrogens with zero attached hydrogens (tertiary/aromatic N) is 1. The Morgan fingerprint density at radius 2 is 1.95 bits per heavy atom. The number of halogens is 1. The van der Waals surface area contributed by atoms with Gasteiger partial charge in [0.05, 0.1) is 10.4 Å². The van der Waals surface area contributed by atoms with Crippen molar-refractivity contribution in [3.05, 3.63) is 23.0 Å². The molecule has 1 rings (SSSR count). The minimum atomic E-state index is -0.914. The smallest absolute Gasteiger partial charge is 0.311 e. The molecule has 0 saturated heterocycles. The standard InChI is InChI=1S/C14H21ClN2O3/c1-4-14(5-2,13(19)20)9-16-12(18)11-7-10(15)8-17(11)6-3/h7-8H,4-6,9H2,1-3H3,(H,16,18)(H,19,20). The highest BCUT2D eigenvalue weighted by molar-refractivity contribution is 6.31. The first-order valence-corrected chi connectivity index (χ1v) is 7.15. The molecule has 6 heteroatoms. The maximum Gasteiger partial charge on any atom is 0.311 e. The van der Waals surface area contributed by atoms with Gasteiger partial charge in [-0.05, 0) is 25.8 Å². The Morgan fingerprint density at radius 1 is 1.35 bits per heavy atom. The van der Waals surface area contributed by atoms with Crippen LogP contribution in [0.25, 0.3) is 0 Å². The van der Waals surface area contributed by atoms with Gasteiger partial charge < -0.3 is 15.0 Å². The Kier molecular flexibility index (Phi) is 5.62. The second-order valence-corrected chi connectivity index (χ2v) is 5.24. The molecular weight excluding hydrogens is 280 g/mol. The molecule has 0 saturated carbocycles. The van der Waals surface area contributed by atoms with E-state index in [2.05, 4.69) is 5.32 Å². The van der Waals surface area contributed by atoms with Gasteiger partial charge in [0.2, 0.25) is 0 Å². The third kappa shape index (κ3) is 3.33. The summed E-state index contributed by atoms with van der Waals surface area (Å²) in [4.78, 5) is 23.5. The molecule has 0 aliphatic heterocycles. The summed E-state index contributed by atoms with van der Waals surface area (Å²) in [5, 5.41) is 12.5. The van der Waals surface area contributed by atoms with Crippen molar-refractivity contribution in [3.63, 3.8) is 0 Å². The first-order chi connectivity index (χ1) is 9.40. The number of carbonyl (C=O) groups is 2. The number of aromatic nitrogens is 1. The first kappa shape index (κ1) is 16.6. The van der Waals surface area contributed by atoms with E-state index in [9.17, 15) is 14.7 Å². The summed E-state index contributed by atoms with van der Waals surface area (Å²) >= 11 is 5.89. The molecule has 0 spiro atoms. The van der Waals surface area contributed by atoms with Crippen LogP contribution in [0, 0.1) is 5.41 Å². The molecule has 112 valence electrons. The molecular formula is C14H21ClN2O3. The summed E-state index contributed by atoms with van der Waals surface area (Å²) in [6, 6.07) is 1.58. The molecule has 0 unspecified atom stereocenters. The topological polar surface area (TPSA) is 71.3 Å². The number of carboxylic acids is 1. The van der Waals surface area contributed by atoms with Crippen LogP contribution in [-0.4, -0.2) is 28.1 Å². The number of aryl methyl sites for hydroxylation is 1. The largest absolute Gasteiger partial charge is 0.481 e. The predicted molar refractivity (Wildman–Crippen MR) is 78.1 cm³/mol. The van der Waals surface area contributed by atoms with E-state index < -0.39 is 11.4 Å². The van der Waals surface area contributed by atoms with Crippen LogP contribution in [0.5, 0.6) is 0 Å². The lowest BCUT2D eigenvalue weighted by Crippen LogP contribution is -2.42. The van der Waals surface area contributed by atoms with Gasteiger partial charge in [0.15, 0.2) is 0 Å². The maximum atomic E-state index is 12.2. The normalized spacial score (nSPS) is 11.4. The van der Waals surface area contributed by atoms with E-state index in [4.69, 9.17) is 11.6 Å². The summed E-state index contributed by atoms with van der Waals surface area (Å²) in [7, 11) is 0. The summed E-state index contributed by atoms with van der Waals surface area (Å²) in [6.45, 7) is 6.28. The van der Waals surface area contributed by atoms with Gasteiger partial charge in [0.25, 0.3) is 5.91 Å². The SMILES string of the molecule is CCn1cc(Cl)cc1C(=O)NCC(CC)(CC)C(=O)O. The van der Waals surface area contributed by atoms with Crippen molar-refractivity contribution < 1.29 is 14.7 Å². The minimum absolute atomic E-state index is 0.112. The first-order valence-electron chi connectivity index (χ1n) is 6.77. The molecule has 2 N–H and O–H groups in total. The van der Waals surface area contributed by atoms with Crippen LogP contribution < -0.4 is 5.32 Å². The molecule has 0 radical (unpaired) electrons. The fourth-order valence-corrected chi connectivity index (χ4v) is 2.37. The van der Waals surface area contributed by atoms with Gasteiger partial charge in [-0.3, -0.25) is 9.59 Å². The van der Waals surface area contributed by atoms with E-state index in [0.29, 0.717) is 30.1 Å². The summed E-state index contributed by atoms with van der Waals surface area (Å²) < 4.78 is 1.73.